The van der Waals surface area contributed by atoms with Gasteiger partial charge >= 0.3 is 5.97 Å². The minimum Gasteiger partial charge on any atom is -0.463 e. The van der Waals surface area contributed by atoms with Crippen molar-refractivity contribution in [3.63, 3.8) is 0 Å². The quantitative estimate of drug-likeness (QED) is 0.803. The normalized spacial score (nSPS) is 34.0. The lowest BCUT2D eigenvalue weighted by Gasteiger charge is -2.40. The van der Waals surface area contributed by atoms with Crippen molar-refractivity contribution in [1.82, 2.24) is 0 Å². The lowest BCUT2D eigenvalue weighted by atomic mass is 9.83. The Kier molecular flexibility index (Phi) is 4.54. The molecule has 2 heterocycles. The maximum Gasteiger partial charge on any atom is 0.302 e. The number of carbonyl (C=O) groups is 1. The summed E-state index contributed by atoms with van der Waals surface area (Å²) in [7, 11) is 0. The number of hydrogen-bond donors (Lipinski definition) is 0. The molecular formula is C17H21NO3S. The van der Waals surface area contributed by atoms with Gasteiger partial charge in [0.15, 0.2) is 0 Å². The molecule has 4 nitrogen and oxygen atoms in total. The van der Waals surface area contributed by atoms with Crippen LogP contribution >= 0.6 is 11.8 Å². The van der Waals surface area contributed by atoms with Crippen LogP contribution in [0.4, 0.5) is 0 Å². The number of nitrogens with zero attached hydrogens (tertiary/aromatic N) is 1. The molecule has 22 heavy (non-hydrogen) atoms. The van der Waals surface area contributed by atoms with Gasteiger partial charge in [0.25, 0.3) is 0 Å². The summed E-state index contributed by atoms with van der Waals surface area (Å²) < 4.78 is 11.3. The molecule has 118 valence electrons. The molecule has 0 spiro atoms. The van der Waals surface area contributed by atoms with Crippen LogP contribution in [0.2, 0.25) is 0 Å². The molecule has 3 rings (SSSR count). The van der Waals surface area contributed by atoms with Crippen molar-refractivity contribution < 1.29 is 14.3 Å². The van der Waals surface area contributed by atoms with E-state index >= 15 is 0 Å². The fourth-order valence-electron chi connectivity index (χ4n) is 2.94. The summed E-state index contributed by atoms with van der Waals surface area (Å²) in [6.45, 7) is 6.12. The standard InChI is InChI=1S/C17H21NO3S/c1-10-11(2)15-17(21-14(10)9-20-12(3)19)22-16(18-15)13-7-5-4-6-8-13/h4-8,10-11,14-15,17H,9H2,1-3H3/t10-,11-,14+,15?,17?/m0/s1. The first kappa shape index (κ1) is 15.6. The highest BCUT2D eigenvalue weighted by atomic mass is 32.2. The topological polar surface area (TPSA) is 47.9 Å². The molecule has 5 atom stereocenters. The number of benzene rings is 1. The zero-order valence-corrected chi connectivity index (χ0v) is 13.9. The van der Waals surface area contributed by atoms with Crippen LogP contribution in [0.5, 0.6) is 0 Å². The average molecular weight is 319 g/mol. The van der Waals surface area contributed by atoms with E-state index in [9.17, 15) is 4.79 Å². The largest absolute Gasteiger partial charge is 0.463 e. The highest BCUT2D eigenvalue weighted by Gasteiger charge is 2.45. The Balaban J connectivity index is 1.73. The third-order valence-corrected chi connectivity index (χ3v) is 5.69. The van der Waals surface area contributed by atoms with Gasteiger partial charge in [-0.2, -0.15) is 0 Å². The number of aliphatic imine (C=N–C) groups is 1. The molecule has 0 aromatic heterocycles. The number of ether oxygens (including phenoxy) is 2. The molecule has 0 aliphatic carbocycles. The van der Waals surface area contributed by atoms with Gasteiger partial charge in [0.05, 0.1) is 12.1 Å². The maximum absolute atomic E-state index is 11.0. The molecule has 1 aromatic carbocycles. The van der Waals surface area contributed by atoms with Gasteiger partial charge in [-0.25, -0.2) is 0 Å². The van der Waals surface area contributed by atoms with Crippen LogP contribution in [0.15, 0.2) is 35.3 Å². The van der Waals surface area contributed by atoms with Crippen molar-refractivity contribution in [2.45, 2.75) is 38.4 Å². The Morgan fingerprint density at radius 2 is 2.00 bits per heavy atom. The van der Waals surface area contributed by atoms with Gasteiger partial charge in [0, 0.05) is 12.5 Å². The summed E-state index contributed by atoms with van der Waals surface area (Å²) >= 11 is 1.68. The Morgan fingerprint density at radius 3 is 2.68 bits per heavy atom. The van der Waals surface area contributed by atoms with Gasteiger partial charge < -0.3 is 9.47 Å². The number of hydrogen-bond acceptors (Lipinski definition) is 5. The van der Waals surface area contributed by atoms with Gasteiger partial charge in [-0.1, -0.05) is 55.9 Å². The highest BCUT2D eigenvalue weighted by molar-refractivity contribution is 8.15. The van der Waals surface area contributed by atoms with Crippen LogP contribution in [0.25, 0.3) is 0 Å². The van der Waals surface area contributed by atoms with E-state index in [1.165, 1.54) is 6.92 Å². The van der Waals surface area contributed by atoms with E-state index in [1.807, 2.05) is 18.2 Å². The van der Waals surface area contributed by atoms with E-state index < -0.39 is 0 Å². The molecule has 1 saturated heterocycles. The van der Waals surface area contributed by atoms with E-state index in [4.69, 9.17) is 14.5 Å². The summed E-state index contributed by atoms with van der Waals surface area (Å²) in [5.74, 6) is 0.443. The molecule has 0 N–H and O–H groups in total. The maximum atomic E-state index is 11.0. The third-order valence-electron chi connectivity index (χ3n) is 4.51. The fourth-order valence-corrected chi connectivity index (χ4v) is 4.26. The Bertz CT molecular complexity index is 575. The van der Waals surface area contributed by atoms with E-state index in [0.29, 0.717) is 18.4 Å². The Hall–Kier alpha value is -1.33. The van der Waals surface area contributed by atoms with Crippen molar-refractivity contribution in [3.05, 3.63) is 35.9 Å². The number of esters is 1. The van der Waals surface area contributed by atoms with E-state index in [2.05, 4.69) is 26.0 Å². The fraction of sp³-hybridized carbons (Fsp3) is 0.529. The number of thioether (sulfide) groups is 1. The van der Waals surface area contributed by atoms with E-state index in [0.717, 1.165) is 10.6 Å². The van der Waals surface area contributed by atoms with Crippen molar-refractivity contribution in [1.29, 1.82) is 0 Å². The monoisotopic (exact) mass is 319 g/mol. The summed E-state index contributed by atoms with van der Waals surface area (Å²) in [6.07, 6.45) is -0.0574. The minimum absolute atomic E-state index is 0.0157. The lowest BCUT2D eigenvalue weighted by molar-refractivity contribution is -0.152. The summed E-state index contributed by atoms with van der Waals surface area (Å²) in [4.78, 5) is 15.9. The number of carbonyl (C=O) groups excluding carboxylic acids is 1. The molecule has 0 amide bonds. The van der Waals surface area contributed by atoms with Gasteiger partial charge in [0.2, 0.25) is 0 Å². The van der Waals surface area contributed by atoms with Gasteiger partial charge in [-0.05, 0) is 11.8 Å². The molecule has 2 aliphatic rings. The van der Waals surface area contributed by atoms with Gasteiger partial charge in [0.1, 0.15) is 17.1 Å². The van der Waals surface area contributed by atoms with Crippen LogP contribution in [0.3, 0.4) is 0 Å². The minimum atomic E-state index is -0.258. The highest BCUT2D eigenvalue weighted by Crippen LogP contribution is 2.43. The third kappa shape index (κ3) is 3.06. The molecule has 1 aromatic rings. The first-order valence-electron chi connectivity index (χ1n) is 7.65. The van der Waals surface area contributed by atoms with Gasteiger partial charge in [-0.15, -0.1) is 0 Å². The number of rotatable bonds is 3. The predicted molar refractivity (Wildman–Crippen MR) is 88.0 cm³/mol. The second-order valence-electron chi connectivity index (χ2n) is 5.97. The van der Waals surface area contributed by atoms with Crippen LogP contribution in [-0.4, -0.2) is 35.2 Å². The zero-order chi connectivity index (χ0) is 15.7. The van der Waals surface area contributed by atoms with Crippen LogP contribution in [-0.2, 0) is 14.3 Å². The predicted octanol–water partition coefficient (Wildman–Crippen LogP) is 3.11. The summed E-state index contributed by atoms with van der Waals surface area (Å²) in [5.41, 5.74) is 1.16. The van der Waals surface area contributed by atoms with Crippen molar-refractivity contribution >= 4 is 22.8 Å². The molecule has 0 radical (unpaired) electrons. The first-order valence-corrected chi connectivity index (χ1v) is 8.53. The second kappa shape index (κ2) is 6.42. The molecule has 1 fully saturated rings. The molecule has 2 aliphatic heterocycles. The SMILES string of the molecule is CC(=O)OC[C@H]1OC2SC(c3ccccc3)=NC2[C@@H](C)[C@@H]1C. The van der Waals surface area contributed by atoms with Crippen LogP contribution < -0.4 is 0 Å². The van der Waals surface area contributed by atoms with Crippen molar-refractivity contribution in [2.75, 3.05) is 6.61 Å². The summed E-state index contributed by atoms with van der Waals surface area (Å²) in [5, 5.41) is 1.04. The van der Waals surface area contributed by atoms with Crippen molar-refractivity contribution in [3.8, 4) is 0 Å². The Morgan fingerprint density at radius 1 is 1.27 bits per heavy atom. The first-order chi connectivity index (χ1) is 10.6. The summed E-state index contributed by atoms with van der Waals surface area (Å²) in [6, 6.07) is 10.4. The average Bonchev–Trinajstić information content (AvgIpc) is 2.94. The molecule has 0 bridgehead atoms. The zero-order valence-electron chi connectivity index (χ0n) is 13.1. The lowest BCUT2D eigenvalue weighted by Crippen LogP contribution is -2.47. The molecular weight excluding hydrogens is 298 g/mol. The van der Waals surface area contributed by atoms with Crippen molar-refractivity contribution in [2.24, 2.45) is 16.8 Å². The van der Waals surface area contributed by atoms with E-state index in [-0.39, 0.29) is 23.6 Å². The number of fused-ring (bicyclic) bond motifs is 1. The van der Waals surface area contributed by atoms with Gasteiger partial charge in [-0.3, -0.25) is 9.79 Å². The van der Waals surface area contributed by atoms with Crippen LogP contribution in [0.1, 0.15) is 26.3 Å². The second-order valence-corrected chi connectivity index (χ2v) is 7.06. The Labute approximate surface area is 135 Å². The van der Waals surface area contributed by atoms with E-state index in [1.54, 1.807) is 11.8 Å². The molecule has 0 saturated carbocycles. The smallest absolute Gasteiger partial charge is 0.302 e. The van der Waals surface area contributed by atoms with Crippen LogP contribution in [0, 0.1) is 11.8 Å². The molecule has 2 unspecified atom stereocenters. The molecule has 5 heteroatoms.